The molecule has 8 heteroatoms. The molecule has 0 radical (unpaired) electrons. The molecule has 1 fully saturated rings. The predicted octanol–water partition coefficient (Wildman–Crippen LogP) is -1.34. The minimum atomic E-state index is -4.76. The Morgan fingerprint density at radius 2 is 1.57 bits per heavy atom. The van der Waals surface area contributed by atoms with E-state index >= 15 is 0 Å². The zero-order valence-corrected chi connectivity index (χ0v) is 12.0. The Labute approximate surface area is 124 Å². The molecule has 0 atom stereocenters. The fourth-order valence-electron chi connectivity index (χ4n) is 1.55. The normalized spacial score (nSPS) is 22.8. The molecule has 1 rings (SSSR count). The van der Waals surface area contributed by atoms with Crippen LogP contribution in [0.5, 0.6) is 0 Å². The van der Waals surface area contributed by atoms with Crippen molar-refractivity contribution in [3.05, 3.63) is 0 Å². The average Bonchev–Trinajstić information content (AvgIpc) is 1.91. The monoisotopic (exact) mass is 254 g/mol. The van der Waals surface area contributed by atoms with Crippen molar-refractivity contribution in [2.24, 2.45) is 5.92 Å². The summed E-state index contributed by atoms with van der Waals surface area (Å²) in [5, 5.41) is 0. The van der Waals surface area contributed by atoms with Gasteiger partial charge in [-0.3, -0.25) is 0 Å². The fraction of sp³-hybridized carbons (Fsp3) is 1.00. The van der Waals surface area contributed by atoms with Crippen LogP contribution >= 0.6 is 0 Å². The van der Waals surface area contributed by atoms with Gasteiger partial charge >= 0.3 is 58.4 Å². The maximum absolute atomic E-state index is 11.9. The Bertz CT molecular complexity index is 263. The van der Waals surface area contributed by atoms with Crippen LogP contribution in [0.2, 0.25) is 6.32 Å². The standard InChI is InChI=1S/C6H11BF3O2S.K/c8-7(9,10)5-6-1-3-13(11,12)4-2-6;/h6H,1-5H2;/q-1;+1. The van der Waals surface area contributed by atoms with Gasteiger partial charge in [-0.2, -0.15) is 0 Å². The fourth-order valence-corrected chi connectivity index (χ4v) is 3.14. The molecule has 0 spiro atoms. The molecule has 0 aliphatic carbocycles. The third-order valence-corrected chi connectivity index (χ3v) is 3.99. The van der Waals surface area contributed by atoms with Crippen molar-refractivity contribution in [3.8, 4) is 0 Å². The molecule has 0 bridgehead atoms. The smallest absolute Gasteiger partial charge is 0.449 e. The number of sulfone groups is 1. The Morgan fingerprint density at radius 3 is 1.93 bits per heavy atom. The topological polar surface area (TPSA) is 34.1 Å². The van der Waals surface area contributed by atoms with Crippen molar-refractivity contribution in [2.75, 3.05) is 11.5 Å². The molecule has 0 aromatic carbocycles. The third-order valence-electron chi connectivity index (χ3n) is 2.27. The Balaban J connectivity index is 0.00000169. The minimum absolute atomic E-state index is 0. The van der Waals surface area contributed by atoms with Gasteiger partial charge in [0.1, 0.15) is 9.84 Å². The van der Waals surface area contributed by atoms with Crippen LogP contribution in [0.15, 0.2) is 0 Å². The Morgan fingerprint density at radius 1 is 1.14 bits per heavy atom. The molecule has 2 nitrogen and oxygen atoms in total. The first-order chi connectivity index (χ1) is 5.79. The zero-order valence-electron chi connectivity index (χ0n) is 8.05. The molecule has 0 unspecified atom stereocenters. The number of rotatable bonds is 2. The van der Waals surface area contributed by atoms with E-state index in [1.165, 1.54) is 0 Å². The van der Waals surface area contributed by atoms with Crippen molar-refractivity contribution in [1.82, 2.24) is 0 Å². The van der Waals surface area contributed by atoms with Crippen molar-refractivity contribution >= 4 is 16.8 Å². The second-order valence-corrected chi connectivity index (χ2v) is 5.84. The zero-order chi connectivity index (χ0) is 10.1. The third kappa shape index (κ3) is 6.12. The van der Waals surface area contributed by atoms with Crippen molar-refractivity contribution in [2.45, 2.75) is 19.2 Å². The second-order valence-electron chi connectivity index (χ2n) is 3.54. The SMILES string of the molecule is O=S1(=O)CCC(C[B-](F)(F)F)CC1.[K+]. The van der Waals surface area contributed by atoms with Crippen LogP contribution in [0.1, 0.15) is 12.8 Å². The minimum Gasteiger partial charge on any atom is -0.449 e. The molecule has 0 aromatic heterocycles. The van der Waals surface area contributed by atoms with E-state index in [9.17, 15) is 21.4 Å². The summed E-state index contributed by atoms with van der Waals surface area (Å²) in [7, 11) is -3.03. The summed E-state index contributed by atoms with van der Waals surface area (Å²) in [4.78, 5) is 0. The van der Waals surface area contributed by atoms with Crippen LogP contribution in [0.3, 0.4) is 0 Å². The van der Waals surface area contributed by atoms with Gasteiger partial charge in [0.2, 0.25) is 0 Å². The van der Waals surface area contributed by atoms with Gasteiger partial charge in [-0.15, -0.1) is 0 Å². The summed E-state index contributed by atoms with van der Waals surface area (Å²) in [6, 6.07) is 0. The average molecular weight is 254 g/mol. The maximum atomic E-state index is 11.9. The summed E-state index contributed by atoms with van der Waals surface area (Å²) < 4.78 is 57.6. The van der Waals surface area contributed by atoms with E-state index in [-0.39, 0.29) is 75.7 Å². The molecular formula is C6H11BF3KO2S. The van der Waals surface area contributed by atoms with E-state index in [4.69, 9.17) is 0 Å². The van der Waals surface area contributed by atoms with E-state index in [1.807, 2.05) is 0 Å². The number of hydrogen-bond donors (Lipinski definition) is 0. The Hall–Kier alpha value is 1.44. The van der Waals surface area contributed by atoms with E-state index in [2.05, 4.69) is 0 Å². The van der Waals surface area contributed by atoms with Gasteiger partial charge in [0.25, 0.3) is 0 Å². The molecule has 14 heavy (non-hydrogen) atoms. The van der Waals surface area contributed by atoms with Gasteiger partial charge in [0.05, 0.1) is 11.5 Å². The maximum Gasteiger partial charge on any atom is 1.00 e. The van der Waals surface area contributed by atoms with Crippen LogP contribution in [-0.2, 0) is 9.84 Å². The Kier molecular flexibility index (Phi) is 6.26. The van der Waals surface area contributed by atoms with Gasteiger partial charge in [-0.25, -0.2) is 8.42 Å². The predicted molar refractivity (Wildman–Crippen MR) is 45.3 cm³/mol. The quantitative estimate of drug-likeness (QED) is 0.572. The molecule has 0 aromatic rings. The van der Waals surface area contributed by atoms with Gasteiger partial charge in [-0.1, -0.05) is 12.2 Å². The molecule has 1 aliphatic rings. The molecule has 1 aliphatic heterocycles. The molecule has 1 heterocycles. The van der Waals surface area contributed by atoms with Crippen molar-refractivity contribution < 1.29 is 72.7 Å². The van der Waals surface area contributed by atoms with E-state index in [1.54, 1.807) is 0 Å². The van der Waals surface area contributed by atoms with Crippen LogP contribution in [0, 0.1) is 5.92 Å². The molecule has 0 saturated carbocycles. The van der Waals surface area contributed by atoms with Crippen LogP contribution in [0.4, 0.5) is 12.9 Å². The summed E-state index contributed by atoms with van der Waals surface area (Å²) in [5.74, 6) is -0.628. The van der Waals surface area contributed by atoms with Gasteiger partial charge in [0, 0.05) is 0 Å². The largest absolute Gasteiger partial charge is 1.00 e. The molecule has 0 amide bonds. The number of hydrogen-bond acceptors (Lipinski definition) is 2. The molecule has 78 valence electrons. The molecule has 1 saturated heterocycles. The summed E-state index contributed by atoms with van der Waals surface area (Å²) in [6.07, 6.45) is -0.442. The first-order valence-electron chi connectivity index (χ1n) is 4.20. The van der Waals surface area contributed by atoms with E-state index in [0.29, 0.717) is 0 Å². The molecule has 0 N–H and O–H groups in total. The van der Waals surface area contributed by atoms with Crippen molar-refractivity contribution in [3.63, 3.8) is 0 Å². The summed E-state index contributed by atoms with van der Waals surface area (Å²) in [5.41, 5.74) is 0. The van der Waals surface area contributed by atoms with E-state index in [0.717, 1.165) is 0 Å². The first kappa shape index (κ1) is 15.4. The second kappa shape index (κ2) is 5.68. The first-order valence-corrected chi connectivity index (χ1v) is 6.02. The van der Waals surface area contributed by atoms with Crippen LogP contribution in [0.25, 0.3) is 0 Å². The number of halogens is 3. The van der Waals surface area contributed by atoms with Crippen LogP contribution in [-0.4, -0.2) is 26.9 Å². The summed E-state index contributed by atoms with van der Waals surface area (Å²) in [6.45, 7) is -4.76. The summed E-state index contributed by atoms with van der Waals surface area (Å²) >= 11 is 0. The molecular weight excluding hydrogens is 243 g/mol. The van der Waals surface area contributed by atoms with Gasteiger partial charge in [0.15, 0.2) is 0 Å². The van der Waals surface area contributed by atoms with Gasteiger partial charge in [-0.05, 0) is 12.8 Å². The van der Waals surface area contributed by atoms with E-state index < -0.39 is 29.1 Å². The van der Waals surface area contributed by atoms with Crippen LogP contribution < -0.4 is 51.4 Å². The van der Waals surface area contributed by atoms with Gasteiger partial charge < -0.3 is 12.9 Å². The van der Waals surface area contributed by atoms with Crippen molar-refractivity contribution in [1.29, 1.82) is 0 Å².